The van der Waals surface area contributed by atoms with E-state index in [1.165, 1.54) is 13.0 Å². The third-order valence-electron chi connectivity index (χ3n) is 2.05. The SMILES string of the molecule is CC(=O)CC1OC(=O)C=C1C(C)C. The number of cyclic esters (lactones) is 1. The summed E-state index contributed by atoms with van der Waals surface area (Å²) in [4.78, 5) is 21.8. The molecule has 0 spiro atoms. The zero-order valence-electron chi connectivity index (χ0n) is 8.16. The van der Waals surface area contributed by atoms with Crippen molar-refractivity contribution >= 4 is 11.8 Å². The molecular formula is C10H14O3. The molecule has 0 aromatic carbocycles. The molecule has 3 heteroatoms. The molecule has 1 atom stereocenters. The Morgan fingerprint density at radius 3 is 2.69 bits per heavy atom. The highest BCUT2D eigenvalue weighted by molar-refractivity contribution is 5.87. The zero-order chi connectivity index (χ0) is 10.0. The number of Topliss-reactive ketones (excluding diaryl/α,β-unsaturated/α-hetero) is 1. The number of esters is 1. The first-order valence-corrected chi connectivity index (χ1v) is 4.42. The van der Waals surface area contributed by atoms with Gasteiger partial charge in [-0.2, -0.15) is 0 Å². The smallest absolute Gasteiger partial charge is 0.331 e. The van der Waals surface area contributed by atoms with Crippen LogP contribution in [0.3, 0.4) is 0 Å². The largest absolute Gasteiger partial charge is 0.454 e. The van der Waals surface area contributed by atoms with Gasteiger partial charge in [0.15, 0.2) is 0 Å². The van der Waals surface area contributed by atoms with Gasteiger partial charge < -0.3 is 4.74 Å². The first-order chi connectivity index (χ1) is 6.00. The fourth-order valence-electron chi connectivity index (χ4n) is 1.43. The molecule has 0 fully saturated rings. The Hall–Kier alpha value is -1.12. The summed E-state index contributed by atoms with van der Waals surface area (Å²) in [6.07, 6.45) is 1.48. The van der Waals surface area contributed by atoms with Crippen molar-refractivity contribution in [2.75, 3.05) is 0 Å². The number of ether oxygens (including phenoxy) is 1. The molecular weight excluding hydrogens is 168 g/mol. The van der Waals surface area contributed by atoms with Gasteiger partial charge >= 0.3 is 5.97 Å². The average molecular weight is 182 g/mol. The van der Waals surface area contributed by atoms with Crippen LogP contribution in [0.25, 0.3) is 0 Å². The summed E-state index contributed by atoms with van der Waals surface area (Å²) in [6.45, 7) is 5.48. The molecule has 72 valence electrons. The van der Waals surface area contributed by atoms with Crippen molar-refractivity contribution in [3.8, 4) is 0 Å². The lowest BCUT2D eigenvalue weighted by molar-refractivity contribution is -0.139. The van der Waals surface area contributed by atoms with Crippen molar-refractivity contribution in [1.82, 2.24) is 0 Å². The molecule has 0 saturated heterocycles. The monoisotopic (exact) mass is 182 g/mol. The van der Waals surface area contributed by atoms with Gasteiger partial charge in [-0.05, 0) is 18.4 Å². The first kappa shape index (κ1) is 9.96. The molecule has 1 unspecified atom stereocenters. The van der Waals surface area contributed by atoms with Crippen LogP contribution in [0.2, 0.25) is 0 Å². The van der Waals surface area contributed by atoms with Crippen molar-refractivity contribution in [3.05, 3.63) is 11.6 Å². The van der Waals surface area contributed by atoms with Gasteiger partial charge in [0.1, 0.15) is 11.9 Å². The molecule has 0 amide bonds. The minimum absolute atomic E-state index is 0.0475. The number of hydrogen-bond acceptors (Lipinski definition) is 3. The van der Waals surface area contributed by atoms with E-state index in [9.17, 15) is 9.59 Å². The molecule has 0 saturated carbocycles. The lowest BCUT2D eigenvalue weighted by atomic mass is 9.96. The number of carbonyl (C=O) groups is 2. The van der Waals surface area contributed by atoms with Crippen LogP contribution in [-0.2, 0) is 14.3 Å². The average Bonchev–Trinajstić information content (AvgIpc) is 2.29. The maximum absolute atomic E-state index is 10.9. The predicted octanol–water partition coefficient (Wildman–Crippen LogP) is 1.47. The molecule has 0 aliphatic carbocycles. The second-order valence-electron chi connectivity index (χ2n) is 3.63. The van der Waals surface area contributed by atoms with Crippen LogP contribution in [0, 0.1) is 5.92 Å². The summed E-state index contributed by atoms with van der Waals surface area (Å²) in [5, 5.41) is 0. The van der Waals surface area contributed by atoms with E-state index in [0.717, 1.165) is 5.57 Å². The minimum Gasteiger partial charge on any atom is -0.454 e. The van der Waals surface area contributed by atoms with Crippen molar-refractivity contribution < 1.29 is 14.3 Å². The maximum atomic E-state index is 10.9. The fraction of sp³-hybridized carbons (Fsp3) is 0.600. The van der Waals surface area contributed by atoms with Crippen molar-refractivity contribution in [2.45, 2.75) is 33.3 Å². The first-order valence-electron chi connectivity index (χ1n) is 4.42. The topological polar surface area (TPSA) is 43.4 Å². The highest BCUT2D eigenvalue weighted by Crippen LogP contribution is 2.25. The van der Waals surface area contributed by atoms with Crippen LogP contribution in [-0.4, -0.2) is 17.9 Å². The van der Waals surface area contributed by atoms with Gasteiger partial charge in [0.25, 0.3) is 0 Å². The van der Waals surface area contributed by atoms with Gasteiger partial charge in [-0.25, -0.2) is 4.79 Å². The van der Waals surface area contributed by atoms with E-state index in [2.05, 4.69) is 0 Å². The Kier molecular flexibility index (Phi) is 2.86. The standard InChI is InChI=1S/C10H14O3/c1-6(2)8-5-10(12)13-9(8)4-7(3)11/h5-6,9H,4H2,1-3H3. The number of carbonyl (C=O) groups excluding carboxylic acids is 2. The van der Waals surface area contributed by atoms with Crippen LogP contribution in [0.15, 0.2) is 11.6 Å². The van der Waals surface area contributed by atoms with Gasteiger partial charge in [0, 0.05) is 12.5 Å². The lowest BCUT2D eigenvalue weighted by Crippen LogP contribution is -2.17. The van der Waals surface area contributed by atoms with E-state index in [0.29, 0.717) is 6.42 Å². The summed E-state index contributed by atoms with van der Waals surface area (Å²) in [6, 6.07) is 0. The van der Waals surface area contributed by atoms with Gasteiger partial charge in [0.2, 0.25) is 0 Å². The highest BCUT2D eigenvalue weighted by atomic mass is 16.5. The lowest BCUT2D eigenvalue weighted by Gasteiger charge is -2.14. The summed E-state index contributed by atoms with van der Waals surface area (Å²) < 4.78 is 4.99. The van der Waals surface area contributed by atoms with Crippen molar-refractivity contribution in [3.63, 3.8) is 0 Å². The number of rotatable bonds is 3. The van der Waals surface area contributed by atoms with Gasteiger partial charge in [-0.15, -0.1) is 0 Å². The van der Waals surface area contributed by atoms with Gasteiger partial charge in [-0.3, -0.25) is 4.79 Å². The summed E-state index contributed by atoms with van der Waals surface area (Å²) >= 11 is 0. The molecule has 0 bridgehead atoms. The second kappa shape index (κ2) is 3.73. The Bertz CT molecular complexity index is 263. The van der Waals surface area contributed by atoms with Gasteiger partial charge in [-0.1, -0.05) is 13.8 Å². The van der Waals surface area contributed by atoms with Gasteiger partial charge in [0.05, 0.1) is 0 Å². The number of ketones is 1. The highest BCUT2D eigenvalue weighted by Gasteiger charge is 2.28. The Morgan fingerprint density at radius 1 is 1.62 bits per heavy atom. The van der Waals surface area contributed by atoms with E-state index >= 15 is 0 Å². The quantitative estimate of drug-likeness (QED) is 0.621. The summed E-state index contributed by atoms with van der Waals surface area (Å²) in [5.74, 6) is -0.0167. The molecule has 1 aliphatic rings. The third kappa shape index (κ3) is 2.41. The van der Waals surface area contributed by atoms with E-state index in [1.54, 1.807) is 0 Å². The minimum atomic E-state index is -0.324. The molecule has 13 heavy (non-hydrogen) atoms. The van der Waals surface area contributed by atoms with Crippen molar-refractivity contribution in [2.24, 2.45) is 5.92 Å². The summed E-state index contributed by atoms with van der Waals surface area (Å²) in [7, 11) is 0. The van der Waals surface area contributed by atoms with Crippen LogP contribution >= 0.6 is 0 Å². The molecule has 0 aromatic heterocycles. The maximum Gasteiger partial charge on any atom is 0.331 e. The van der Waals surface area contributed by atoms with Crippen LogP contribution < -0.4 is 0 Å². The number of hydrogen-bond donors (Lipinski definition) is 0. The third-order valence-corrected chi connectivity index (χ3v) is 2.05. The Balaban J connectivity index is 2.72. The van der Waals surface area contributed by atoms with Crippen LogP contribution in [0.4, 0.5) is 0 Å². The summed E-state index contributed by atoms with van der Waals surface area (Å²) in [5.41, 5.74) is 0.931. The Morgan fingerprint density at radius 2 is 2.23 bits per heavy atom. The molecule has 0 N–H and O–H groups in total. The van der Waals surface area contributed by atoms with E-state index < -0.39 is 0 Å². The molecule has 1 heterocycles. The normalized spacial score (nSPS) is 21.7. The zero-order valence-corrected chi connectivity index (χ0v) is 8.16. The van der Waals surface area contributed by atoms with Crippen LogP contribution in [0.1, 0.15) is 27.2 Å². The fourth-order valence-corrected chi connectivity index (χ4v) is 1.43. The molecule has 3 nitrogen and oxygen atoms in total. The van der Waals surface area contributed by atoms with Crippen molar-refractivity contribution in [1.29, 1.82) is 0 Å². The van der Waals surface area contributed by atoms with E-state index in [4.69, 9.17) is 4.74 Å². The van der Waals surface area contributed by atoms with Crippen LogP contribution in [0.5, 0.6) is 0 Å². The Labute approximate surface area is 77.8 Å². The molecule has 0 radical (unpaired) electrons. The predicted molar refractivity (Wildman–Crippen MR) is 48.1 cm³/mol. The van der Waals surface area contributed by atoms with E-state index in [-0.39, 0.29) is 23.8 Å². The molecule has 1 rings (SSSR count). The second-order valence-corrected chi connectivity index (χ2v) is 3.63. The molecule has 0 aromatic rings. The molecule has 1 aliphatic heterocycles. The van der Waals surface area contributed by atoms with E-state index in [1.807, 2.05) is 13.8 Å².